The number of ether oxygens (including phenoxy) is 1. The number of hydrogen-bond donors (Lipinski definition) is 0. The lowest BCUT2D eigenvalue weighted by molar-refractivity contribution is -0.143. The van der Waals surface area contributed by atoms with Crippen molar-refractivity contribution in [3.8, 4) is 0 Å². The van der Waals surface area contributed by atoms with Crippen LogP contribution in [0, 0.1) is 5.92 Å². The first-order valence-electron chi connectivity index (χ1n) is 6.03. The van der Waals surface area contributed by atoms with Gasteiger partial charge in [-0.2, -0.15) is 0 Å². The van der Waals surface area contributed by atoms with Crippen molar-refractivity contribution >= 4 is 41.2 Å². The highest BCUT2D eigenvalue weighted by molar-refractivity contribution is 6.36. The standard InChI is InChI=1S/C13H14Cl2N2O3/c1-3-16-6-9(13(19)20-4-2)12(18)8-5-11(15)17-7-10(8)14/h5-7,9H,3-4H2,1-2H3. The second-order valence-corrected chi connectivity index (χ2v) is 4.52. The van der Waals surface area contributed by atoms with Gasteiger partial charge in [0.05, 0.1) is 11.6 Å². The van der Waals surface area contributed by atoms with E-state index >= 15 is 0 Å². The van der Waals surface area contributed by atoms with Gasteiger partial charge in [0.1, 0.15) is 5.15 Å². The molecular weight excluding hydrogens is 303 g/mol. The third kappa shape index (κ3) is 4.28. The van der Waals surface area contributed by atoms with E-state index < -0.39 is 17.7 Å². The van der Waals surface area contributed by atoms with E-state index in [0.29, 0.717) is 6.54 Å². The number of carbonyl (C=O) groups is 2. The number of hydrogen-bond acceptors (Lipinski definition) is 5. The molecule has 0 spiro atoms. The van der Waals surface area contributed by atoms with E-state index in [2.05, 4.69) is 9.98 Å². The van der Waals surface area contributed by atoms with Gasteiger partial charge in [-0.05, 0) is 19.9 Å². The van der Waals surface area contributed by atoms with Crippen molar-refractivity contribution in [1.82, 2.24) is 4.98 Å². The van der Waals surface area contributed by atoms with Crippen molar-refractivity contribution in [2.24, 2.45) is 10.9 Å². The van der Waals surface area contributed by atoms with Crippen LogP contribution in [-0.4, -0.2) is 36.1 Å². The number of Topliss-reactive ketones (excluding diaryl/α,β-unsaturated/α-hetero) is 1. The van der Waals surface area contributed by atoms with Crippen molar-refractivity contribution in [2.45, 2.75) is 13.8 Å². The summed E-state index contributed by atoms with van der Waals surface area (Å²) < 4.78 is 4.87. The van der Waals surface area contributed by atoms with Crippen LogP contribution in [0.1, 0.15) is 24.2 Å². The molecule has 108 valence electrons. The molecule has 7 heteroatoms. The monoisotopic (exact) mass is 316 g/mol. The topological polar surface area (TPSA) is 68.6 Å². The summed E-state index contributed by atoms with van der Waals surface area (Å²) in [5.41, 5.74) is 0.118. The van der Waals surface area contributed by atoms with Crippen LogP contribution in [0.4, 0.5) is 0 Å². The number of halogens is 2. The summed E-state index contributed by atoms with van der Waals surface area (Å²) in [6, 6.07) is 1.32. The molecule has 1 aromatic rings. The second-order valence-electron chi connectivity index (χ2n) is 3.73. The Morgan fingerprint density at radius 2 is 2.15 bits per heavy atom. The summed E-state index contributed by atoms with van der Waals surface area (Å²) in [6.45, 7) is 4.08. The number of aromatic nitrogens is 1. The normalized spacial score (nSPS) is 12.4. The molecule has 0 N–H and O–H groups in total. The largest absolute Gasteiger partial charge is 0.465 e. The molecule has 5 nitrogen and oxygen atoms in total. The zero-order valence-corrected chi connectivity index (χ0v) is 12.6. The third-order valence-electron chi connectivity index (χ3n) is 2.35. The molecule has 0 aliphatic heterocycles. The van der Waals surface area contributed by atoms with E-state index in [4.69, 9.17) is 27.9 Å². The molecular formula is C13H14Cl2N2O3. The third-order valence-corrected chi connectivity index (χ3v) is 2.86. The van der Waals surface area contributed by atoms with E-state index in [9.17, 15) is 9.59 Å². The molecule has 0 aliphatic rings. The van der Waals surface area contributed by atoms with Gasteiger partial charge in [-0.3, -0.25) is 14.6 Å². The van der Waals surface area contributed by atoms with E-state index in [1.54, 1.807) is 13.8 Å². The molecule has 1 rings (SSSR count). The van der Waals surface area contributed by atoms with Crippen LogP contribution in [0.3, 0.4) is 0 Å². The predicted molar refractivity (Wildman–Crippen MR) is 77.7 cm³/mol. The van der Waals surface area contributed by atoms with Crippen LogP contribution >= 0.6 is 23.2 Å². The Morgan fingerprint density at radius 1 is 1.45 bits per heavy atom. The summed E-state index contributed by atoms with van der Waals surface area (Å²) in [5, 5.41) is 0.242. The first kappa shape index (κ1) is 16.6. The van der Waals surface area contributed by atoms with Gasteiger partial charge >= 0.3 is 5.97 Å². The average Bonchev–Trinajstić information content (AvgIpc) is 2.42. The van der Waals surface area contributed by atoms with E-state index in [0.717, 1.165) is 0 Å². The maximum absolute atomic E-state index is 12.4. The maximum atomic E-state index is 12.4. The van der Waals surface area contributed by atoms with Crippen LogP contribution in [0.5, 0.6) is 0 Å². The Bertz CT molecular complexity index is 532. The van der Waals surface area contributed by atoms with Gasteiger partial charge in [-0.1, -0.05) is 23.2 Å². The smallest absolute Gasteiger partial charge is 0.322 e. The molecule has 1 heterocycles. The van der Waals surface area contributed by atoms with Gasteiger partial charge in [0.25, 0.3) is 0 Å². The average molecular weight is 317 g/mol. The lowest BCUT2D eigenvalue weighted by Crippen LogP contribution is -2.28. The molecule has 20 heavy (non-hydrogen) atoms. The summed E-state index contributed by atoms with van der Waals surface area (Å²) in [4.78, 5) is 31.9. The zero-order valence-electron chi connectivity index (χ0n) is 11.1. The van der Waals surface area contributed by atoms with Crippen molar-refractivity contribution in [1.29, 1.82) is 0 Å². The highest BCUT2D eigenvalue weighted by Crippen LogP contribution is 2.21. The minimum Gasteiger partial charge on any atom is -0.465 e. The number of nitrogens with zero attached hydrogens (tertiary/aromatic N) is 2. The molecule has 1 unspecified atom stereocenters. The summed E-state index contributed by atoms with van der Waals surface area (Å²) in [5.74, 6) is -2.32. The lowest BCUT2D eigenvalue weighted by Gasteiger charge is -2.11. The first-order chi connectivity index (χ1) is 9.51. The summed E-state index contributed by atoms with van der Waals surface area (Å²) >= 11 is 11.7. The van der Waals surface area contributed by atoms with Gasteiger partial charge in [0, 0.05) is 24.5 Å². The fraction of sp³-hybridized carbons (Fsp3) is 0.385. The maximum Gasteiger partial charge on any atom is 0.322 e. The molecule has 0 radical (unpaired) electrons. The molecule has 0 saturated heterocycles. The van der Waals surface area contributed by atoms with Crippen molar-refractivity contribution in [3.63, 3.8) is 0 Å². The zero-order chi connectivity index (χ0) is 15.1. The van der Waals surface area contributed by atoms with Crippen molar-refractivity contribution in [3.05, 3.63) is 28.0 Å². The molecule has 0 fully saturated rings. The quantitative estimate of drug-likeness (QED) is 0.266. The van der Waals surface area contributed by atoms with Crippen LogP contribution < -0.4 is 0 Å². The minimum absolute atomic E-state index is 0.118. The van der Waals surface area contributed by atoms with Crippen LogP contribution in [0.25, 0.3) is 0 Å². The number of ketones is 1. The number of rotatable bonds is 6. The summed E-state index contributed by atoms with van der Waals surface area (Å²) in [6.07, 6.45) is 2.53. The molecule has 0 aromatic carbocycles. The Morgan fingerprint density at radius 3 is 2.75 bits per heavy atom. The Labute approximate surface area is 127 Å². The predicted octanol–water partition coefficient (Wildman–Crippen LogP) is 2.84. The van der Waals surface area contributed by atoms with Crippen LogP contribution in [0.15, 0.2) is 17.3 Å². The van der Waals surface area contributed by atoms with Gasteiger partial charge < -0.3 is 4.74 Å². The van der Waals surface area contributed by atoms with E-state index in [-0.39, 0.29) is 22.3 Å². The lowest BCUT2D eigenvalue weighted by atomic mass is 9.99. The van der Waals surface area contributed by atoms with Gasteiger partial charge in [0.15, 0.2) is 11.7 Å². The second kappa shape index (κ2) is 7.97. The Hall–Kier alpha value is -1.46. The highest BCUT2D eigenvalue weighted by Gasteiger charge is 2.29. The van der Waals surface area contributed by atoms with Gasteiger partial charge in [0.2, 0.25) is 0 Å². The Kier molecular flexibility index (Phi) is 6.61. The highest BCUT2D eigenvalue weighted by atomic mass is 35.5. The number of esters is 1. The Balaban J connectivity index is 3.12. The van der Waals surface area contributed by atoms with E-state index in [1.165, 1.54) is 18.5 Å². The number of pyridine rings is 1. The van der Waals surface area contributed by atoms with Gasteiger partial charge in [-0.15, -0.1) is 0 Å². The van der Waals surface area contributed by atoms with Crippen molar-refractivity contribution in [2.75, 3.05) is 13.2 Å². The molecule has 1 atom stereocenters. The summed E-state index contributed by atoms with van der Waals surface area (Å²) in [7, 11) is 0. The van der Waals surface area contributed by atoms with Crippen molar-refractivity contribution < 1.29 is 14.3 Å². The SMILES string of the molecule is CCN=CC(C(=O)OCC)C(=O)c1cc(Cl)ncc1Cl. The van der Waals surface area contributed by atoms with E-state index in [1.807, 2.05) is 0 Å². The first-order valence-corrected chi connectivity index (χ1v) is 6.78. The molecule has 0 amide bonds. The molecule has 0 saturated carbocycles. The van der Waals surface area contributed by atoms with Gasteiger partial charge in [-0.25, -0.2) is 4.98 Å². The minimum atomic E-state index is -1.13. The number of carbonyl (C=O) groups excluding carboxylic acids is 2. The molecule has 1 aromatic heterocycles. The molecule has 0 aliphatic carbocycles. The van der Waals surface area contributed by atoms with Crippen LogP contribution in [-0.2, 0) is 9.53 Å². The fourth-order valence-corrected chi connectivity index (χ4v) is 1.80. The van der Waals surface area contributed by atoms with Crippen LogP contribution in [0.2, 0.25) is 10.2 Å². The fourth-order valence-electron chi connectivity index (χ4n) is 1.45. The number of aliphatic imine (C=N–C) groups is 1. The molecule has 0 bridgehead atoms.